The van der Waals surface area contributed by atoms with Crippen molar-refractivity contribution >= 4 is 34.9 Å². The molecule has 2 aromatic carbocycles. The molecule has 2 aromatic rings. The molecule has 0 fully saturated rings. The third-order valence-electron chi connectivity index (χ3n) is 4.09. The van der Waals surface area contributed by atoms with E-state index in [-0.39, 0.29) is 6.03 Å². The first kappa shape index (κ1) is 14.2. The van der Waals surface area contributed by atoms with E-state index in [0.717, 1.165) is 23.5 Å². The Labute approximate surface area is 139 Å². The van der Waals surface area contributed by atoms with Gasteiger partial charge in [-0.25, -0.2) is 4.79 Å². The minimum Gasteiger partial charge on any atom is -0.333 e. The Balaban J connectivity index is 1.66. The fourth-order valence-corrected chi connectivity index (χ4v) is 3.93. The molecule has 1 N–H and O–H groups in total. The van der Waals surface area contributed by atoms with E-state index in [1.54, 1.807) is 0 Å². The second-order valence-electron chi connectivity index (χ2n) is 5.51. The number of anilines is 3. The van der Waals surface area contributed by atoms with Gasteiger partial charge in [0.25, 0.3) is 0 Å². The first-order valence-corrected chi connectivity index (χ1v) is 8.60. The maximum Gasteiger partial charge on any atom is 0.326 e. The molecular weight excluding hydrogens is 306 g/mol. The Morgan fingerprint density at radius 2 is 1.78 bits per heavy atom. The van der Waals surface area contributed by atoms with Gasteiger partial charge in [0.05, 0.1) is 16.7 Å². The van der Waals surface area contributed by atoms with E-state index in [1.807, 2.05) is 65.2 Å². The van der Waals surface area contributed by atoms with Gasteiger partial charge in [-0.05, 0) is 36.1 Å². The number of para-hydroxylation sites is 3. The molecule has 116 valence electrons. The summed E-state index contributed by atoms with van der Waals surface area (Å²) in [4.78, 5) is 16.9. The van der Waals surface area contributed by atoms with Crippen LogP contribution < -0.4 is 15.1 Å². The number of carbonyl (C=O) groups is 1. The van der Waals surface area contributed by atoms with Crippen molar-refractivity contribution < 1.29 is 4.79 Å². The lowest BCUT2D eigenvalue weighted by Crippen LogP contribution is -2.35. The minimum atomic E-state index is -0.0844. The van der Waals surface area contributed by atoms with Crippen LogP contribution in [0, 0.1) is 0 Å². The van der Waals surface area contributed by atoms with Crippen LogP contribution in [-0.2, 0) is 0 Å². The summed E-state index contributed by atoms with van der Waals surface area (Å²) in [6.45, 7) is 0.700. The average Bonchev–Trinajstić information content (AvgIpc) is 2.99. The molecule has 0 saturated carbocycles. The Kier molecular flexibility index (Phi) is 3.71. The summed E-state index contributed by atoms with van der Waals surface area (Å²) >= 11 is 1.81. The number of hydrogen-bond acceptors (Lipinski definition) is 3. The summed E-state index contributed by atoms with van der Waals surface area (Å²) in [5.41, 5.74) is 2.85. The molecule has 2 aliphatic heterocycles. The highest BCUT2D eigenvalue weighted by Gasteiger charge is 2.31. The first-order chi connectivity index (χ1) is 11.3. The summed E-state index contributed by atoms with van der Waals surface area (Å²) in [5.74, 6) is 0. The zero-order valence-electron chi connectivity index (χ0n) is 12.6. The summed E-state index contributed by atoms with van der Waals surface area (Å²) in [5, 5.41) is 5.48. The molecule has 5 heteroatoms. The van der Waals surface area contributed by atoms with Crippen molar-refractivity contribution in [1.29, 1.82) is 0 Å². The second kappa shape index (κ2) is 6.01. The Morgan fingerprint density at radius 3 is 2.61 bits per heavy atom. The summed E-state index contributed by atoms with van der Waals surface area (Å²) < 4.78 is 0. The molecule has 2 amide bonds. The molecular formula is C18H17N3OS. The summed E-state index contributed by atoms with van der Waals surface area (Å²) in [6.07, 6.45) is 3.03. The van der Waals surface area contributed by atoms with Gasteiger partial charge in [-0.1, -0.05) is 30.3 Å². The number of fused-ring (bicyclic) bond motifs is 3. The number of hydrogen-bond donors (Lipinski definition) is 1. The number of urea groups is 1. The van der Waals surface area contributed by atoms with Crippen LogP contribution >= 0.6 is 11.8 Å². The van der Waals surface area contributed by atoms with Gasteiger partial charge in [-0.2, -0.15) is 0 Å². The lowest BCUT2D eigenvalue weighted by Gasteiger charge is -2.25. The predicted octanol–water partition coefficient (Wildman–Crippen LogP) is 4.48. The number of nitrogens with zero attached hydrogens (tertiary/aromatic N) is 2. The van der Waals surface area contributed by atoms with E-state index in [2.05, 4.69) is 27.9 Å². The normalized spacial score (nSPS) is 19.0. The van der Waals surface area contributed by atoms with Crippen LogP contribution in [0.2, 0.25) is 0 Å². The van der Waals surface area contributed by atoms with Gasteiger partial charge in [-0.15, -0.1) is 11.8 Å². The maximum absolute atomic E-state index is 12.8. The van der Waals surface area contributed by atoms with Gasteiger partial charge >= 0.3 is 6.03 Å². The molecule has 23 heavy (non-hydrogen) atoms. The van der Waals surface area contributed by atoms with Crippen LogP contribution in [-0.4, -0.2) is 17.9 Å². The van der Waals surface area contributed by atoms with Crippen molar-refractivity contribution in [3.8, 4) is 0 Å². The molecule has 1 unspecified atom stereocenters. The Hall–Kier alpha value is -2.40. The first-order valence-electron chi connectivity index (χ1n) is 7.66. The van der Waals surface area contributed by atoms with E-state index < -0.39 is 0 Å². The molecule has 0 aliphatic carbocycles. The predicted molar refractivity (Wildman–Crippen MR) is 96.9 cm³/mol. The monoisotopic (exact) mass is 323 g/mol. The molecule has 4 rings (SSSR count). The van der Waals surface area contributed by atoms with Crippen LogP contribution in [0.1, 0.15) is 6.42 Å². The van der Waals surface area contributed by atoms with E-state index in [9.17, 15) is 4.79 Å². The number of nitrogens with one attached hydrogen (secondary N) is 1. The SMILES string of the molecule is O=C(Nc1ccccc1)N1CCC2SC=CN2c2ccccc21. The van der Waals surface area contributed by atoms with Gasteiger partial charge in [-0.3, -0.25) is 4.90 Å². The molecule has 2 heterocycles. The molecule has 0 radical (unpaired) electrons. The topological polar surface area (TPSA) is 35.6 Å². The van der Waals surface area contributed by atoms with Crippen LogP contribution in [0.5, 0.6) is 0 Å². The largest absolute Gasteiger partial charge is 0.333 e. The lowest BCUT2D eigenvalue weighted by atomic mass is 10.2. The van der Waals surface area contributed by atoms with Crippen LogP contribution in [0.3, 0.4) is 0 Å². The summed E-state index contributed by atoms with van der Waals surface area (Å²) in [6, 6.07) is 17.6. The molecule has 0 bridgehead atoms. The maximum atomic E-state index is 12.8. The number of rotatable bonds is 1. The van der Waals surface area contributed by atoms with Gasteiger partial charge in [0.1, 0.15) is 0 Å². The van der Waals surface area contributed by atoms with Crippen molar-refractivity contribution in [1.82, 2.24) is 0 Å². The van der Waals surface area contributed by atoms with Crippen LogP contribution in [0.4, 0.5) is 21.9 Å². The van der Waals surface area contributed by atoms with E-state index in [0.29, 0.717) is 11.9 Å². The standard InChI is InChI=1S/C18H17N3OS/c22-18(19-14-6-2-1-3-7-14)21-11-10-17-20(12-13-23-17)15-8-4-5-9-16(15)21/h1-9,12-13,17H,10-11H2,(H,19,22). The lowest BCUT2D eigenvalue weighted by molar-refractivity contribution is 0.257. The van der Waals surface area contributed by atoms with Crippen LogP contribution in [0.15, 0.2) is 66.2 Å². The molecule has 0 spiro atoms. The smallest absolute Gasteiger partial charge is 0.326 e. The third-order valence-corrected chi connectivity index (χ3v) is 5.14. The summed E-state index contributed by atoms with van der Waals surface area (Å²) in [7, 11) is 0. The molecule has 4 nitrogen and oxygen atoms in total. The van der Waals surface area contributed by atoms with Gasteiger partial charge in [0.15, 0.2) is 0 Å². The fourth-order valence-electron chi connectivity index (χ4n) is 2.99. The van der Waals surface area contributed by atoms with E-state index in [1.165, 1.54) is 0 Å². The van der Waals surface area contributed by atoms with E-state index in [4.69, 9.17) is 0 Å². The van der Waals surface area contributed by atoms with Crippen molar-refractivity contribution in [3.05, 3.63) is 66.2 Å². The van der Waals surface area contributed by atoms with Crippen molar-refractivity contribution in [2.75, 3.05) is 21.7 Å². The number of benzene rings is 2. The van der Waals surface area contributed by atoms with Gasteiger partial charge in [0.2, 0.25) is 0 Å². The number of carbonyl (C=O) groups excluding carboxylic acids is 1. The third kappa shape index (κ3) is 2.68. The van der Waals surface area contributed by atoms with Gasteiger partial charge < -0.3 is 10.2 Å². The van der Waals surface area contributed by atoms with Crippen molar-refractivity contribution in [2.24, 2.45) is 0 Å². The van der Waals surface area contributed by atoms with Crippen molar-refractivity contribution in [3.63, 3.8) is 0 Å². The second-order valence-corrected chi connectivity index (χ2v) is 6.60. The minimum absolute atomic E-state index is 0.0844. The molecule has 1 atom stereocenters. The van der Waals surface area contributed by atoms with Gasteiger partial charge in [0, 0.05) is 18.4 Å². The van der Waals surface area contributed by atoms with Crippen LogP contribution in [0.25, 0.3) is 0 Å². The molecule has 0 aromatic heterocycles. The zero-order valence-corrected chi connectivity index (χ0v) is 13.4. The molecule has 2 aliphatic rings. The highest BCUT2D eigenvalue weighted by Crippen LogP contribution is 2.41. The highest BCUT2D eigenvalue weighted by atomic mass is 32.2. The quantitative estimate of drug-likeness (QED) is 0.840. The number of amides is 2. The number of thioether (sulfide) groups is 1. The highest BCUT2D eigenvalue weighted by molar-refractivity contribution is 8.03. The molecule has 0 saturated heterocycles. The Morgan fingerprint density at radius 1 is 1.04 bits per heavy atom. The van der Waals surface area contributed by atoms with E-state index >= 15 is 0 Å². The fraction of sp³-hybridized carbons (Fsp3) is 0.167. The van der Waals surface area contributed by atoms with Crippen molar-refractivity contribution in [2.45, 2.75) is 11.8 Å². The Bertz CT molecular complexity index is 747. The average molecular weight is 323 g/mol. The zero-order chi connectivity index (χ0) is 15.6.